The molecule has 0 radical (unpaired) electrons. The molecule has 1 N–H and O–H groups in total. The maximum atomic E-state index is 5.61. The van der Waals surface area contributed by atoms with Crippen LogP contribution in [0.2, 0.25) is 0 Å². The molecule has 0 spiro atoms. The fraction of sp³-hybridized carbons (Fsp3) is 1.00. The molecule has 92 valence electrons. The Morgan fingerprint density at radius 2 is 1.73 bits per heavy atom. The summed E-state index contributed by atoms with van der Waals surface area (Å²) in [7, 11) is 1.83. The van der Waals surface area contributed by atoms with Crippen molar-refractivity contribution < 1.29 is 4.74 Å². The molecule has 0 aliphatic heterocycles. The van der Waals surface area contributed by atoms with Crippen molar-refractivity contribution in [3.63, 3.8) is 0 Å². The van der Waals surface area contributed by atoms with E-state index in [1.165, 1.54) is 12.8 Å². The van der Waals surface area contributed by atoms with Gasteiger partial charge in [0.2, 0.25) is 0 Å². The Hall–Kier alpha value is -0.0800. The number of ether oxygens (including phenoxy) is 1. The highest BCUT2D eigenvalue weighted by Gasteiger charge is 2.24. The molecule has 15 heavy (non-hydrogen) atoms. The van der Waals surface area contributed by atoms with Gasteiger partial charge in [-0.1, -0.05) is 34.6 Å². The van der Waals surface area contributed by atoms with E-state index in [1.807, 2.05) is 7.11 Å². The number of methoxy groups -OCH3 is 1. The van der Waals surface area contributed by atoms with Gasteiger partial charge < -0.3 is 10.1 Å². The van der Waals surface area contributed by atoms with E-state index in [9.17, 15) is 0 Å². The van der Waals surface area contributed by atoms with E-state index in [4.69, 9.17) is 4.74 Å². The van der Waals surface area contributed by atoms with Gasteiger partial charge in [-0.05, 0) is 31.2 Å². The molecule has 2 atom stereocenters. The van der Waals surface area contributed by atoms with Gasteiger partial charge in [-0.2, -0.15) is 0 Å². The molecule has 2 unspecified atom stereocenters. The second-order valence-corrected chi connectivity index (χ2v) is 5.13. The van der Waals surface area contributed by atoms with Gasteiger partial charge in [0, 0.05) is 13.2 Å². The minimum atomic E-state index is 0.332. The minimum absolute atomic E-state index is 0.332. The van der Waals surface area contributed by atoms with Crippen LogP contribution in [0.25, 0.3) is 0 Å². The van der Waals surface area contributed by atoms with Crippen LogP contribution in [0.5, 0.6) is 0 Å². The summed E-state index contributed by atoms with van der Waals surface area (Å²) in [5.74, 6) is 1.29. The molecule has 0 saturated carbocycles. The molecule has 0 rings (SSSR count). The number of rotatable bonds is 8. The lowest BCUT2D eigenvalue weighted by Crippen LogP contribution is -2.44. The Bertz CT molecular complexity index is 145. The van der Waals surface area contributed by atoms with Crippen LogP contribution in [-0.4, -0.2) is 25.8 Å². The molecule has 0 aromatic rings. The zero-order valence-corrected chi connectivity index (χ0v) is 11.3. The van der Waals surface area contributed by atoms with E-state index < -0.39 is 0 Å². The molecule has 0 aliphatic rings. The summed E-state index contributed by atoms with van der Waals surface area (Å²) in [5, 5.41) is 3.61. The largest absolute Gasteiger partial charge is 0.380 e. The number of nitrogens with one attached hydrogen (secondary N) is 1. The van der Waals surface area contributed by atoms with Gasteiger partial charge in [-0.3, -0.25) is 0 Å². The predicted molar refractivity (Wildman–Crippen MR) is 67.2 cm³/mol. The van der Waals surface area contributed by atoms with Crippen molar-refractivity contribution in [3.8, 4) is 0 Å². The molecule has 0 heterocycles. The number of hydrogen-bond acceptors (Lipinski definition) is 2. The number of hydrogen-bond donors (Lipinski definition) is 1. The molecule has 0 saturated heterocycles. The summed E-state index contributed by atoms with van der Waals surface area (Å²) < 4.78 is 5.61. The van der Waals surface area contributed by atoms with Crippen LogP contribution >= 0.6 is 0 Å². The first-order valence-corrected chi connectivity index (χ1v) is 6.29. The average molecular weight is 215 g/mol. The SMILES string of the molecule is CCCNC(CC(C)C)C(OC)C(C)C. The van der Waals surface area contributed by atoms with Crippen LogP contribution in [0.15, 0.2) is 0 Å². The Kier molecular flexibility index (Phi) is 8.07. The average Bonchev–Trinajstić information content (AvgIpc) is 2.13. The van der Waals surface area contributed by atoms with Crippen molar-refractivity contribution >= 4 is 0 Å². The van der Waals surface area contributed by atoms with Crippen molar-refractivity contribution in [1.29, 1.82) is 0 Å². The predicted octanol–water partition coefficient (Wildman–Crippen LogP) is 3.07. The van der Waals surface area contributed by atoms with E-state index >= 15 is 0 Å². The van der Waals surface area contributed by atoms with E-state index in [-0.39, 0.29) is 0 Å². The lowest BCUT2D eigenvalue weighted by Gasteiger charge is -2.31. The maximum Gasteiger partial charge on any atom is 0.0747 e. The zero-order valence-electron chi connectivity index (χ0n) is 11.3. The van der Waals surface area contributed by atoms with Crippen LogP contribution in [0.3, 0.4) is 0 Å². The van der Waals surface area contributed by atoms with Gasteiger partial charge in [0.15, 0.2) is 0 Å². The Balaban J connectivity index is 4.29. The maximum absolute atomic E-state index is 5.61. The van der Waals surface area contributed by atoms with Gasteiger partial charge in [-0.25, -0.2) is 0 Å². The van der Waals surface area contributed by atoms with Crippen LogP contribution in [0.4, 0.5) is 0 Å². The lowest BCUT2D eigenvalue weighted by atomic mass is 9.92. The normalized spacial score (nSPS) is 16.0. The standard InChI is InChI=1S/C13H29NO/c1-7-8-14-12(9-10(2)3)13(15-6)11(4)5/h10-14H,7-9H2,1-6H3. The summed E-state index contributed by atoms with van der Waals surface area (Å²) in [6.45, 7) is 12.3. The highest BCUT2D eigenvalue weighted by molar-refractivity contribution is 4.80. The van der Waals surface area contributed by atoms with Crippen LogP contribution in [0.1, 0.15) is 47.5 Å². The summed E-state index contributed by atoms with van der Waals surface area (Å²) in [5.41, 5.74) is 0. The molecule has 2 nitrogen and oxygen atoms in total. The van der Waals surface area contributed by atoms with E-state index in [2.05, 4.69) is 39.9 Å². The first kappa shape index (κ1) is 14.9. The molecule has 0 aliphatic carbocycles. The zero-order chi connectivity index (χ0) is 11.8. The van der Waals surface area contributed by atoms with E-state index in [0.29, 0.717) is 18.1 Å². The molecule has 0 bridgehead atoms. The molecule has 0 amide bonds. The topological polar surface area (TPSA) is 21.3 Å². The van der Waals surface area contributed by atoms with Crippen molar-refractivity contribution in [3.05, 3.63) is 0 Å². The van der Waals surface area contributed by atoms with Crippen molar-refractivity contribution in [2.24, 2.45) is 11.8 Å². The van der Waals surface area contributed by atoms with Gasteiger partial charge >= 0.3 is 0 Å². The Labute approximate surface area is 95.8 Å². The fourth-order valence-corrected chi connectivity index (χ4v) is 2.07. The molecular formula is C13H29NO. The smallest absolute Gasteiger partial charge is 0.0747 e. The minimum Gasteiger partial charge on any atom is -0.380 e. The molecule has 0 aromatic carbocycles. The third-order valence-corrected chi connectivity index (χ3v) is 2.71. The van der Waals surface area contributed by atoms with Crippen LogP contribution < -0.4 is 5.32 Å². The summed E-state index contributed by atoms with van der Waals surface area (Å²) in [6, 6.07) is 0.495. The first-order valence-electron chi connectivity index (χ1n) is 6.29. The van der Waals surface area contributed by atoms with Gasteiger partial charge in [0.1, 0.15) is 0 Å². The molecule has 2 heteroatoms. The summed E-state index contributed by atoms with van der Waals surface area (Å²) in [6.07, 6.45) is 2.71. The Morgan fingerprint density at radius 1 is 1.13 bits per heavy atom. The van der Waals surface area contributed by atoms with Crippen LogP contribution in [0, 0.1) is 11.8 Å². The second-order valence-electron chi connectivity index (χ2n) is 5.13. The van der Waals surface area contributed by atoms with E-state index in [0.717, 1.165) is 12.5 Å². The van der Waals surface area contributed by atoms with E-state index in [1.54, 1.807) is 0 Å². The lowest BCUT2D eigenvalue weighted by molar-refractivity contribution is 0.0272. The Morgan fingerprint density at radius 3 is 2.07 bits per heavy atom. The van der Waals surface area contributed by atoms with Crippen molar-refractivity contribution in [2.45, 2.75) is 59.6 Å². The van der Waals surface area contributed by atoms with Gasteiger partial charge in [0.25, 0.3) is 0 Å². The molecule has 0 aromatic heterocycles. The van der Waals surface area contributed by atoms with Gasteiger partial charge in [0.05, 0.1) is 6.10 Å². The highest BCUT2D eigenvalue weighted by Crippen LogP contribution is 2.17. The van der Waals surface area contributed by atoms with Crippen LogP contribution in [-0.2, 0) is 4.74 Å². The third-order valence-electron chi connectivity index (χ3n) is 2.71. The molecule has 0 fully saturated rings. The second kappa shape index (κ2) is 8.12. The monoisotopic (exact) mass is 215 g/mol. The fourth-order valence-electron chi connectivity index (χ4n) is 2.07. The van der Waals surface area contributed by atoms with Crippen molar-refractivity contribution in [1.82, 2.24) is 5.32 Å². The molecular weight excluding hydrogens is 186 g/mol. The summed E-state index contributed by atoms with van der Waals surface area (Å²) >= 11 is 0. The first-order chi connectivity index (χ1) is 7.02. The van der Waals surface area contributed by atoms with Gasteiger partial charge in [-0.15, -0.1) is 0 Å². The summed E-state index contributed by atoms with van der Waals surface area (Å²) in [4.78, 5) is 0. The third kappa shape index (κ3) is 6.16. The quantitative estimate of drug-likeness (QED) is 0.672. The highest BCUT2D eigenvalue weighted by atomic mass is 16.5. The van der Waals surface area contributed by atoms with Crippen molar-refractivity contribution in [2.75, 3.05) is 13.7 Å².